The summed E-state index contributed by atoms with van der Waals surface area (Å²) in [4.78, 5) is 10.8. The van der Waals surface area contributed by atoms with Gasteiger partial charge in [-0.3, -0.25) is 4.79 Å². The molecule has 0 saturated carbocycles. The number of carbonyl (C=O) groups excluding carboxylic acids is 1. The van der Waals surface area contributed by atoms with Crippen LogP contribution in [0, 0.1) is 6.92 Å². The van der Waals surface area contributed by atoms with Crippen molar-refractivity contribution in [2.75, 3.05) is 0 Å². The fraction of sp³-hybridized carbons (Fsp3) is 0.188. The smallest absolute Gasteiger partial charge is 0.406 e. The third kappa shape index (κ3) is 4.63. The highest BCUT2D eigenvalue weighted by molar-refractivity contribution is 5.75. The zero-order chi connectivity index (χ0) is 15.5. The first-order valence-corrected chi connectivity index (χ1v) is 6.26. The van der Waals surface area contributed by atoms with Crippen LogP contribution in [0.4, 0.5) is 13.2 Å². The van der Waals surface area contributed by atoms with Gasteiger partial charge in [0, 0.05) is 5.56 Å². The summed E-state index contributed by atoms with van der Waals surface area (Å²) in [5.41, 5.74) is 3.32. The third-order valence-electron chi connectivity index (χ3n) is 2.86. The molecule has 5 heteroatoms. The highest BCUT2D eigenvalue weighted by Gasteiger charge is 2.30. The molecule has 0 bridgehead atoms. The maximum absolute atomic E-state index is 12.1. The van der Waals surface area contributed by atoms with Crippen molar-refractivity contribution >= 4 is 6.29 Å². The number of benzene rings is 2. The number of aryl methyl sites for hydroxylation is 1. The second-order valence-corrected chi connectivity index (χ2v) is 4.74. The van der Waals surface area contributed by atoms with Crippen LogP contribution < -0.4 is 4.74 Å². The van der Waals surface area contributed by atoms with Gasteiger partial charge in [0.05, 0.1) is 0 Å². The summed E-state index contributed by atoms with van der Waals surface area (Å²) in [6.45, 7) is 1.89. The number of halogens is 3. The molecule has 0 amide bonds. The molecule has 0 aromatic heterocycles. The number of aldehydes is 1. The quantitative estimate of drug-likeness (QED) is 0.786. The molecule has 0 spiro atoms. The van der Waals surface area contributed by atoms with Gasteiger partial charge < -0.3 is 4.74 Å². The van der Waals surface area contributed by atoms with Crippen molar-refractivity contribution in [3.8, 4) is 5.75 Å². The normalized spacial score (nSPS) is 11.2. The van der Waals surface area contributed by atoms with Gasteiger partial charge in [-0.1, -0.05) is 23.8 Å². The Labute approximate surface area is 120 Å². The van der Waals surface area contributed by atoms with E-state index < -0.39 is 6.36 Å². The summed E-state index contributed by atoms with van der Waals surface area (Å²) >= 11 is 0. The third-order valence-corrected chi connectivity index (χ3v) is 2.86. The molecule has 0 aliphatic heterocycles. The van der Waals surface area contributed by atoms with Crippen LogP contribution in [0.3, 0.4) is 0 Å². The maximum atomic E-state index is 12.1. The second kappa shape index (κ2) is 5.99. The van der Waals surface area contributed by atoms with E-state index in [1.54, 1.807) is 24.3 Å². The number of ether oxygens (including phenoxy) is 1. The molecule has 0 radical (unpaired) electrons. The zero-order valence-corrected chi connectivity index (χ0v) is 11.3. The summed E-state index contributed by atoms with van der Waals surface area (Å²) in [5.74, 6) is -0.246. The highest BCUT2D eigenvalue weighted by Crippen LogP contribution is 2.23. The highest BCUT2D eigenvalue weighted by atomic mass is 19.4. The van der Waals surface area contributed by atoms with Crippen LogP contribution in [0.15, 0.2) is 42.5 Å². The van der Waals surface area contributed by atoms with Crippen molar-refractivity contribution in [2.45, 2.75) is 19.7 Å². The van der Waals surface area contributed by atoms with Crippen LogP contribution in [0.25, 0.3) is 0 Å². The van der Waals surface area contributed by atoms with E-state index >= 15 is 0 Å². The molecule has 2 rings (SSSR count). The van der Waals surface area contributed by atoms with Gasteiger partial charge in [0.2, 0.25) is 0 Å². The van der Waals surface area contributed by atoms with E-state index in [0.29, 0.717) is 12.0 Å². The van der Waals surface area contributed by atoms with Crippen LogP contribution in [0.5, 0.6) is 5.75 Å². The minimum atomic E-state index is -4.68. The molecule has 110 valence electrons. The first kappa shape index (κ1) is 15.1. The summed E-state index contributed by atoms with van der Waals surface area (Å²) in [7, 11) is 0. The molecular weight excluding hydrogens is 281 g/mol. The number of carbonyl (C=O) groups is 1. The predicted octanol–water partition coefficient (Wildman–Crippen LogP) is 4.30. The minimum Gasteiger partial charge on any atom is -0.406 e. The minimum absolute atomic E-state index is 0.246. The molecule has 0 heterocycles. The lowest BCUT2D eigenvalue weighted by Gasteiger charge is -2.09. The number of alkyl halides is 3. The Bertz CT molecular complexity index is 631. The van der Waals surface area contributed by atoms with Crippen LogP contribution in [0.1, 0.15) is 27.0 Å². The van der Waals surface area contributed by atoms with E-state index in [0.717, 1.165) is 23.0 Å². The van der Waals surface area contributed by atoms with Crippen molar-refractivity contribution in [1.82, 2.24) is 0 Å². The zero-order valence-electron chi connectivity index (χ0n) is 11.3. The molecule has 2 aromatic carbocycles. The Kier molecular flexibility index (Phi) is 4.31. The Morgan fingerprint density at radius 3 is 2.29 bits per heavy atom. The van der Waals surface area contributed by atoms with Gasteiger partial charge in [-0.2, -0.15) is 0 Å². The number of hydrogen-bond acceptors (Lipinski definition) is 2. The van der Waals surface area contributed by atoms with Gasteiger partial charge >= 0.3 is 6.36 Å². The van der Waals surface area contributed by atoms with E-state index in [1.807, 2.05) is 13.0 Å². The van der Waals surface area contributed by atoms with E-state index in [1.165, 1.54) is 12.1 Å². The summed E-state index contributed by atoms with van der Waals surface area (Å²) in [6.07, 6.45) is -3.37. The van der Waals surface area contributed by atoms with E-state index in [2.05, 4.69) is 4.74 Å². The van der Waals surface area contributed by atoms with Crippen molar-refractivity contribution in [2.24, 2.45) is 0 Å². The molecule has 2 nitrogen and oxygen atoms in total. The molecule has 0 aliphatic rings. The van der Waals surface area contributed by atoms with Crippen molar-refractivity contribution in [3.05, 3.63) is 64.7 Å². The van der Waals surface area contributed by atoms with Crippen molar-refractivity contribution < 1.29 is 22.7 Å². The molecule has 0 N–H and O–H groups in total. The van der Waals surface area contributed by atoms with Crippen molar-refractivity contribution in [1.29, 1.82) is 0 Å². The van der Waals surface area contributed by atoms with E-state index in [9.17, 15) is 18.0 Å². The van der Waals surface area contributed by atoms with Crippen LogP contribution in [0.2, 0.25) is 0 Å². The molecular formula is C16H13F3O2. The van der Waals surface area contributed by atoms with Gasteiger partial charge in [0.15, 0.2) is 0 Å². The second-order valence-electron chi connectivity index (χ2n) is 4.74. The molecule has 21 heavy (non-hydrogen) atoms. The van der Waals surface area contributed by atoms with Crippen LogP contribution in [-0.2, 0) is 6.42 Å². The van der Waals surface area contributed by atoms with Crippen molar-refractivity contribution in [3.63, 3.8) is 0 Å². The SMILES string of the molecule is Cc1cc(C=O)cc(Cc2ccc(OC(F)(F)F)cc2)c1. The Morgan fingerprint density at radius 1 is 1.05 bits per heavy atom. The van der Waals surface area contributed by atoms with Crippen LogP contribution in [-0.4, -0.2) is 12.6 Å². The first-order chi connectivity index (χ1) is 9.85. The van der Waals surface area contributed by atoms with Crippen LogP contribution >= 0.6 is 0 Å². The summed E-state index contributed by atoms with van der Waals surface area (Å²) in [5, 5.41) is 0. The fourth-order valence-corrected chi connectivity index (χ4v) is 2.11. The van der Waals surface area contributed by atoms with Gasteiger partial charge in [0.1, 0.15) is 12.0 Å². The number of hydrogen-bond donors (Lipinski definition) is 0. The van der Waals surface area contributed by atoms with E-state index in [4.69, 9.17) is 0 Å². The van der Waals surface area contributed by atoms with E-state index in [-0.39, 0.29) is 5.75 Å². The summed E-state index contributed by atoms with van der Waals surface area (Å²) in [6, 6.07) is 11.2. The molecule has 0 fully saturated rings. The average molecular weight is 294 g/mol. The summed E-state index contributed by atoms with van der Waals surface area (Å²) < 4.78 is 40.0. The maximum Gasteiger partial charge on any atom is 0.573 e. The molecule has 2 aromatic rings. The van der Waals surface area contributed by atoms with Gasteiger partial charge in [-0.25, -0.2) is 0 Å². The average Bonchev–Trinajstić information content (AvgIpc) is 2.38. The largest absolute Gasteiger partial charge is 0.573 e. The lowest BCUT2D eigenvalue weighted by atomic mass is 10.0. The lowest BCUT2D eigenvalue weighted by molar-refractivity contribution is -0.274. The predicted molar refractivity (Wildman–Crippen MR) is 72.5 cm³/mol. The molecule has 0 saturated heterocycles. The van der Waals surface area contributed by atoms with Gasteiger partial charge in [-0.05, 0) is 48.7 Å². The lowest BCUT2D eigenvalue weighted by Crippen LogP contribution is -2.17. The Balaban J connectivity index is 2.13. The Morgan fingerprint density at radius 2 is 1.71 bits per heavy atom. The van der Waals surface area contributed by atoms with Gasteiger partial charge in [-0.15, -0.1) is 13.2 Å². The number of rotatable bonds is 4. The monoisotopic (exact) mass is 294 g/mol. The van der Waals surface area contributed by atoms with Gasteiger partial charge in [0.25, 0.3) is 0 Å². The molecule has 0 unspecified atom stereocenters. The standard InChI is InChI=1S/C16H13F3O2/c1-11-6-13(9-14(7-11)10-20)8-12-2-4-15(5-3-12)21-16(17,18)19/h2-7,9-10H,8H2,1H3. The molecule has 0 atom stereocenters. The fourth-order valence-electron chi connectivity index (χ4n) is 2.11. The topological polar surface area (TPSA) is 26.3 Å². The Hall–Kier alpha value is -2.30. The molecule has 0 aliphatic carbocycles. The first-order valence-electron chi connectivity index (χ1n) is 6.26.